The summed E-state index contributed by atoms with van der Waals surface area (Å²) < 4.78 is 6.07. The molecule has 0 radical (unpaired) electrons. The number of nitrogens with zero attached hydrogens (tertiary/aromatic N) is 1. The van der Waals surface area contributed by atoms with Crippen LogP contribution < -0.4 is 15.0 Å². The van der Waals surface area contributed by atoms with Gasteiger partial charge in [0, 0.05) is 15.4 Å². The third-order valence-electron chi connectivity index (χ3n) is 4.60. The third kappa shape index (κ3) is 3.40. The third-order valence-corrected chi connectivity index (χ3v) is 5.09. The average molecular weight is 451 g/mol. The molecule has 1 aliphatic rings. The van der Waals surface area contributed by atoms with Crippen molar-refractivity contribution in [3.63, 3.8) is 0 Å². The first kappa shape index (κ1) is 18.9. The quantitative estimate of drug-likeness (QED) is 0.477. The Labute approximate surface area is 174 Å². The van der Waals surface area contributed by atoms with E-state index >= 15 is 0 Å². The Hall–Kier alpha value is -3.45. The number of rotatable bonds is 3. The van der Waals surface area contributed by atoms with Gasteiger partial charge in [0.15, 0.2) is 0 Å². The molecule has 29 heavy (non-hydrogen) atoms. The van der Waals surface area contributed by atoms with Gasteiger partial charge in [-0.25, -0.2) is 9.69 Å². The van der Waals surface area contributed by atoms with Gasteiger partial charge >= 0.3 is 6.03 Å². The van der Waals surface area contributed by atoms with Crippen LogP contribution in [0.3, 0.4) is 0 Å². The predicted molar refractivity (Wildman–Crippen MR) is 114 cm³/mol. The lowest BCUT2D eigenvalue weighted by atomic mass is 10.0. The number of nitrogens with one attached hydrogen (secondary N) is 1. The van der Waals surface area contributed by atoms with Crippen LogP contribution in [0.4, 0.5) is 10.5 Å². The minimum Gasteiger partial charge on any atom is -0.496 e. The largest absolute Gasteiger partial charge is 0.496 e. The summed E-state index contributed by atoms with van der Waals surface area (Å²) in [6.45, 7) is 0. The Morgan fingerprint density at radius 3 is 2.55 bits per heavy atom. The minimum absolute atomic E-state index is 0.158. The Balaban J connectivity index is 1.84. The lowest BCUT2D eigenvalue weighted by Gasteiger charge is -2.27. The van der Waals surface area contributed by atoms with E-state index in [1.165, 1.54) is 13.2 Å². The molecule has 1 N–H and O–H groups in total. The fourth-order valence-electron chi connectivity index (χ4n) is 3.25. The normalized spacial score (nSPS) is 15.7. The van der Waals surface area contributed by atoms with E-state index in [-0.39, 0.29) is 5.57 Å². The minimum atomic E-state index is -0.783. The summed E-state index contributed by atoms with van der Waals surface area (Å²) in [5.74, 6) is -0.953. The molecule has 0 aromatic heterocycles. The second-order valence-corrected chi connectivity index (χ2v) is 7.26. The molecule has 0 atom stereocenters. The highest BCUT2D eigenvalue weighted by Crippen LogP contribution is 2.31. The molecule has 3 aromatic rings. The number of benzene rings is 3. The van der Waals surface area contributed by atoms with Crippen molar-refractivity contribution in [2.75, 3.05) is 12.0 Å². The molecular weight excluding hydrogens is 436 g/mol. The fraction of sp³-hybridized carbons (Fsp3) is 0.0455. The summed E-state index contributed by atoms with van der Waals surface area (Å²) in [7, 11) is 1.50. The number of carbonyl (C=O) groups is 3. The number of hydrogen-bond acceptors (Lipinski definition) is 4. The first-order valence-corrected chi connectivity index (χ1v) is 9.51. The maximum absolute atomic E-state index is 13.2. The molecule has 0 spiro atoms. The van der Waals surface area contributed by atoms with Gasteiger partial charge in [-0.2, -0.15) is 0 Å². The fourth-order valence-corrected chi connectivity index (χ4v) is 3.63. The van der Waals surface area contributed by atoms with E-state index in [4.69, 9.17) is 4.74 Å². The highest BCUT2D eigenvalue weighted by molar-refractivity contribution is 9.10. The summed E-state index contributed by atoms with van der Waals surface area (Å²) in [5, 5.41) is 3.86. The second-order valence-electron chi connectivity index (χ2n) is 6.34. The van der Waals surface area contributed by atoms with Crippen molar-refractivity contribution in [3.8, 4) is 5.75 Å². The number of carbonyl (C=O) groups excluding carboxylic acids is 3. The molecular formula is C22H15BrN2O4. The molecule has 0 bridgehead atoms. The van der Waals surface area contributed by atoms with Crippen LogP contribution in [0.25, 0.3) is 16.8 Å². The number of halogens is 1. The maximum Gasteiger partial charge on any atom is 0.335 e. The highest BCUT2D eigenvalue weighted by Gasteiger charge is 2.37. The summed E-state index contributed by atoms with van der Waals surface area (Å²) in [6.07, 6.45) is 1.42. The predicted octanol–water partition coefficient (Wildman–Crippen LogP) is 4.28. The van der Waals surface area contributed by atoms with Crippen LogP contribution in [0, 0.1) is 0 Å². The van der Waals surface area contributed by atoms with E-state index in [0.29, 0.717) is 17.0 Å². The van der Waals surface area contributed by atoms with Crippen molar-refractivity contribution < 1.29 is 19.1 Å². The van der Waals surface area contributed by atoms with Crippen LogP contribution in [0.5, 0.6) is 5.75 Å². The highest BCUT2D eigenvalue weighted by atomic mass is 79.9. The van der Waals surface area contributed by atoms with Crippen molar-refractivity contribution in [1.82, 2.24) is 5.32 Å². The zero-order valence-electron chi connectivity index (χ0n) is 15.3. The summed E-state index contributed by atoms with van der Waals surface area (Å²) in [5.41, 5.74) is 0.784. The van der Waals surface area contributed by atoms with Crippen molar-refractivity contribution in [3.05, 3.63) is 76.3 Å². The van der Waals surface area contributed by atoms with Crippen molar-refractivity contribution in [1.29, 1.82) is 0 Å². The number of hydrogen-bond donors (Lipinski definition) is 1. The van der Waals surface area contributed by atoms with E-state index in [1.54, 1.807) is 30.3 Å². The average Bonchev–Trinajstić information content (AvgIpc) is 2.71. The lowest BCUT2D eigenvalue weighted by molar-refractivity contribution is -0.122. The molecule has 4 amide bonds. The zero-order chi connectivity index (χ0) is 20.5. The number of methoxy groups -OCH3 is 1. The molecule has 0 saturated carbocycles. The van der Waals surface area contributed by atoms with E-state index in [0.717, 1.165) is 20.1 Å². The molecule has 0 unspecified atom stereocenters. The molecule has 1 saturated heterocycles. The number of urea groups is 1. The van der Waals surface area contributed by atoms with Crippen LogP contribution in [-0.4, -0.2) is 25.0 Å². The topological polar surface area (TPSA) is 75.7 Å². The maximum atomic E-state index is 13.2. The second kappa shape index (κ2) is 7.52. The standard InChI is InChI=1S/C22H15BrN2O4/c1-29-19-10-9-15(23)11-14(19)12-17-20(26)24-22(28)25(21(17)27)18-8-4-6-13-5-2-3-7-16(13)18/h2-12H,1H3,(H,24,26,28)/b17-12-. The van der Waals surface area contributed by atoms with Crippen LogP contribution in [-0.2, 0) is 9.59 Å². The van der Waals surface area contributed by atoms with Crippen LogP contribution >= 0.6 is 15.9 Å². The smallest absolute Gasteiger partial charge is 0.335 e. The van der Waals surface area contributed by atoms with Crippen molar-refractivity contribution in [2.45, 2.75) is 0 Å². The monoisotopic (exact) mass is 450 g/mol. The van der Waals surface area contributed by atoms with Gasteiger partial charge in [-0.1, -0.05) is 52.3 Å². The SMILES string of the molecule is COc1ccc(Br)cc1/C=C1/C(=O)NC(=O)N(c2cccc3ccccc23)C1=O. The van der Waals surface area contributed by atoms with E-state index < -0.39 is 17.8 Å². The number of amides is 4. The van der Waals surface area contributed by atoms with E-state index in [1.807, 2.05) is 30.3 Å². The molecule has 4 rings (SSSR count). The lowest BCUT2D eigenvalue weighted by Crippen LogP contribution is -2.54. The Morgan fingerprint density at radius 1 is 1.00 bits per heavy atom. The first-order chi connectivity index (χ1) is 14.0. The Bertz CT molecular complexity index is 1200. The van der Waals surface area contributed by atoms with Gasteiger partial charge in [0.2, 0.25) is 0 Å². The van der Waals surface area contributed by atoms with Gasteiger partial charge in [0.1, 0.15) is 11.3 Å². The Kier molecular flexibility index (Phi) is 4.90. The van der Waals surface area contributed by atoms with Crippen molar-refractivity contribution in [2.24, 2.45) is 0 Å². The van der Waals surface area contributed by atoms with Gasteiger partial charge in [-0.15, -0.1) is 0 Å². The molecule has 144 valence electrons. The van der Waals surface area contributed by atoms with Crippen LogP contribution in [0.2, 0.25) is 0 Å². The van der Waals surface area contributed by atoms with Gasteiger partial charge in [0.05, 0.1) is 12.8 Å². The molecule has 1 fully saturated rings. The summed E-state index contributed by atoms with van der Waals surface area (Å²) in [6, 6.07) is 17.2. The molecule has 7 heteroatoms. The number of ether oxygens (including phenoxy) is 1. The number of barbiturate groups is 1. The van der Waals surface area contributed by atoms with E-state index in [2.05, 4.69) is 21.2 Å². The molecule has 0 aliphatic carbocycles. The molecule has 1 heterocycles. The number of imide groups is 2. The number of fused-ring (bicyclic) bond motifs is 1. The zero-order valence-corrected chi connectivity index (χ0v) is 16.9. The summed E-state index contributed by atoms with van der Waals surface area (Å²) in [4.78, 5) is 39.2. The van der Waals surface area contributed by atoms with Gasteiger partial charge in [-0.3, -0.25) is 14.9 Å². The number of anilines is 1. The van der Waals surface area contributed by atoms with Crippen LogP contribution in [0.15, 0.2) is 70.7 Å². The van der Waals surface area contributed by atoms with Gasteiger partial charge in [0.25, 0.3) is 11.8 Å². The first-order valence-electron chi connectivity index (χ1n) is 8.72. The summed E-state index contributed by atoms with van der Waals surface area (Å²) >= 11 is 3.37. The van der Waals surface area contributed by atoms with Gasteiger partial charge < -0.3 is 4.74 Å². The Morgan fingerprint density at radius 2 is 1.76 bits per heavy atom. The molecule has 6 nitrogen and oxygen atoms in total. The van der Waals surface area contributed by atoms with Gasteiger partial charge in [-0.05, 0) is 35.7 Å². The van der Waals surface area contributed by atoms with E-state index in [9.17, 15) is 14.4 Å². The van der Waals surface area contributed by atoms with Crippen LogP contribution in [0.1, 0.15) is 5.56 Å². The van der Waals surface area contributed by atoms with Crippen molar-refractivity contribution >= 4 is 56.3 Å². The molecule has 3 aromatic carbocycles. The molecule has 1 aliphatic heterocycles.